The molecule has 2 saturated heterocycles. The number of aliphatic imine (C=N–C) groups is 2. The molecule has 0 aromatic rings. The van der Waals surface area contributed by atoms with Gasteiger partial charge in [0.2, 0.25) is 0 Å². The molecule has 8 heteroatoms. The van der Waals surface area contributed by atoms with Gasteiger partial charge in [0.05, 0.1) is 11.6 Å². The summed E-state index contributed by atoms with van der Waals surface area (Å²) in [6.07, 6.45) is 11.8. The number of carbonyl (C=O) groups excluding carboxylic acids is 1. The van der Waals surface area contributed by atoms with E-state index in [0.717, 1.165) is 31.6 Å². The fourth-order valence-electron chi connectivity index (χ4n) is 4.10. The van der Waals surface area contributed by atoms with Gasteiger partial charge >= 0.3 is 0 Å². The monoisotopic (exact) mass is 411 g/mol. The molecule has 0 bridgehead atoms. The van der Waals surface area contributed by atoms with Crippen molar-refractivity contribution in [2.45, 2.75) is 43.8 Å². The van der Waals surface area contributed by atoms with Gasteiger partial charge in [0.25, 0.3) is 5.91 Å². The van der Waals surface area contributed by atoms with Crippen LogP contribution in [-0.4, -0.2) is 95.6 Å². The van der Waals surface area contributed by atoms with Gasteiger partial charge in [-0.05, 0) is 64.2 Å². The van der Waals surface area contributed by atoms with Gasteiger partial charge in [-0.3, -0.25) is 14.1 Å². The second-order valence-electron chi connectivity index (χ2n) is 7.37. The average Bonchev–Trinajstić information content (AvgIpc) is 2.98. The van der Waals surface area contributed by atoms with Gasteiger partial charge in [-0.1, -0.05) is 11.9 Å². The number of allylic oxidation sites excluding steroid dienone is 1. The van der Waals surface area contributed by atoms with E-state index in [4.69, 9.17) is 11.6 Å². The topological polar surface area (TPSA) is 51.5 Å². The van der Waals surface area contributed by atoms with Crippen molar-refractivity contribution in [2.24, 2.45) is 9.98 Å². The lowest BCUT2D eigenvalue weighted by molar-refractivity contribution is -0.133. The molecule has 0 aliphatic carbocycles. The van der Waals surface area contributed by atoms with Gasteiger partial charge in [-0.2, -0.15) is 0 Å². The van der Waals surface area contributed by atoms with Crippen molar-refractivity contribution in [3.05, 3.63) is 12.2 Å². The molecule has 3 rings (SSSR count). The fourth-order valence-corrected chi connectivity index (χ4v) is 4.77. The summed E-state index contributed by atoms with van der Waals surface area (Å²) in [6.45, 7) is 3.97. The summed E-state index contributed by atoms with van der Waals surface area (Å²) in [6, 6.07) is 0.829. The van der Waals surface area contributed by atoms with Gasteiger partial charge in [-0.15, -0.1) is 11.6 Å². The second kappa shape index (κ2) is 10.0. The van der Waals surface area contributed by atoms with Gasteiger partial charge in [0.1, 0.15) is 12.4 Å². The maximum Gasteiger partial charge on any atom is 0.251 e. The van der Waals surface area contributed by atoms with Crippen molar-refractivity contribution in [3.8, 4) is 0 Å². The number of amides is 1. The molecule has 1 amide bonds. The van der Waals surface area contributed by atoms with Crippen LogP contribution in [0.1, 0.15) is 25.7 Å². The van der Waals surface area contributed by atoms with Gasteiger partial charge < -0.3 is 9.80 Å². The minimum atomic E-state index is -0.469. The Morgan fingerprint density at radius 1 is 1.26 bits per heavy atom. The quantitative estimate of drug-likeness (QED) is 0.514. The molecule has 3 aliphatic heterocycles. The van der Waals surface area contributed by atoms with E-state index in [1.165, 1.54) is 32.3 Å². The Hall–Kier alpha value is -0.890. The Kier molecular flexibility index (Phi) is 7.75. The molecule has 27 heavy (non-hydrogen) atoms. The highest BCUT2D eigenvalue weighted by molar-refractivity contribution is 7.96. The van der Waals surface area contributed by atoms with Crippen LogP contribution in [0.4, 0.5) is 0 Å². The highest BCUT2D eigenvalue weighted by atomic mass is 35.5. The Labute approximate surface area is 171 Å². The van der Waals surface area contributed by atoms with Crippen LogP contribution in [0.3, 0.4) is 0 Å². The van der Waals surface area contributed by atoms with Crippen LogP contribution in [0, 0.1) is 0 Å². The Bertz CT molecular complexity index is 595. The number of halogens is 1. The highest BCUT2D eigenvalue weighted by Crippen LogP contribution is 2.25. The van der Waals surface area contributed by atoms with E-state index in [1.807, 2.05) is 29.0 Å². The van der Waals surface area contributed by atoms with Crippen LogP contribution in [0.2, 0.25) is 0 Å². The molecule has 0 aromatic heterocycles. The molecule has 0 N–H and O–H groups in total. The van der Waals surface area contributed by atoms with Crippen molar-refractivity contribution in [3.63, 3.8) is 0 Å². The first-order valence-electron chi connectivity index (χ1n) is 9.74. The van der Waals surface area contributed by atoms with Crippen molar-refractivity contribution in [1.82, 2.24) is 14.1 Å². The van der Waals surface area contributed by atoms with Crippen LogP contribution < -0.4 is 0 Å². The third-order valence-electron chi connectivity index (χ3n) is 5.91. The number of rotatable bonds is 5. The van der Waals surface area contributed by atoms with Gasteiger partial charge in [0, 0.05) is 25.2 Å². The third kappa shape index (κ3) is 5.34. The van der Waals surface area contributed by atoms with E-state index in [-0.39, 0.29) is 5.91 Å². The number of hydrogen-bond donors (Lipinski definition) is 0. The van der Waals surface area contributed by atoms with Crippen molar-refractivity contribution >= 4 is 41.5 Å². The predicted molar refractivity (Wildman–Crippen MR) is 115 cm³/mol. The molecule has 0 aromatic carbocycles. The summed E-state index contributed by atoms with van der Waals surface area (Å²) in [5.74, 6) is 0.408. The van der Waals surface area contributed by atoms with Crippen LogP contribution in [-0.2, 0) is 4.79 Å². The Morgan fingerprint density at radius 3 is 2.59 bits per heavy atom. The molecule has 0 radical (unpaired) electrons. The first kappa shape index (κ1) is 20.8. The summed E-state index contributed by atoms with van der Waals surface area (Å²) in [7, 11) is 2.20. The lowest BCUT2D eigenvalue weighted by Crippen LogP contribution is -2.51. The normalized spacial score (nSPS) is 25.7. The molecule has 3 aliphatic rings. The van der Waals surface area contributed by atoms with Gasteiger partial charge in [0.15, 0.2) is 0 Å². The molecule has 3 heterocycles. The summed E-state index contributed by atoms with van der Waals surface area (Å²) < 4.78 is 2.39. The van der Waals surface area contributed by atoms with Crippen LogP contribution in [0.25, 0.3) is 0 Å². The van der Waals surface area contributed by atoms with E-state index < -0.39 is 6.04 Å². The molecule has 150 valence electrons. The fraction of sp³-hybridized carbons (Fsp3) is 0.737. The summed E-state index contributed by atoms with van der Waals surface area (Å²) in [5.41, 5.74) is 0.741. The van der Waals surface area contributed by atoms with Crippen molar-refractivity contribution < 1.29 is 4.79 Å². The van der Waals surface area contributed by atoms with Crippen molar-refractivity contribution in [2.75, 3.05) is 45.4 Å². The van der Waals surface area contributed by atoms with Crippen molar-refractivity contribution in [1.29, 1.82) is 0 Å². The summed E-state index contributed by atoms with van der Waals surface area (Å²) in [5, 5.41) is 0. The zero-order valence-electron chi connectivity index (χ0n) is 16.3. The summed E-state index contributed by atoms with van der Waals surface area (Å²) in [4.78, 5) is 25.8. The molecule has 6 nitrogen and oxygen atoms in total. The van der Waals surface area contributed by atoms with Crippen LogP contribution in [0.15, 0.2) is 22.1 Å². The molecular formula is C19H30ClN5OS. The molecular weight excluding hydrogens is 382 g/mol. The zero-order chi connectivity index (χ0) is 19.2. The standard InChI is InChI=1S/C19H30ClN5OS/c1-23(27-2)16-5-9-24(10-6-16)17-7-11-25(12-8-17)19(26)18-4-3-15(13-20)21-14-22-18/h3-4,14,16-18H,5-13H2,1-2H3. The number of nitrogens with zero attached hydrogens (tertiary/aromatic N) is 5. The first-order valence-corrected chi connectivity index (χ1v) is 11.5. The highest BCUT2D eigenvalue weighted by Gasteiger charge is 2.32. The average molecular weight is 412 g/mol. The minimum Gasteiger partial charge on any atom is -0.340 e. The molecule has 0 spiro atoms. The third-order valence-corrected chi connectivity index (χ3v) is 7.05. The Morgan fingerprint density at radius 2 is 1.96 bits per heavy atom. The maximum atomic E-state index is 12.8. The van der Waals surface area contributed by atoms with E-state index in [1.54, 1.807) is 0 Å². The largest absolute Gasteiger partial charge is 0.340 e. The summed E-state index contributed by atoms with van der Waals surface area (Å²) >= 11 is 7.63. The zero-order valence-corrected chi connectivity index (χ0v) is 17.8. The lowest BCUT2D eigenvalue weighted by Gasteiger charge is -2.43. The van der Waals surface area contributed by atoms with Crippen LogP contribution in [0.5, 0.6) is 0 Å². The number of carbonyl (C=O) groups is 1. The van der Waals surface area contributed by atoms with E-state index in [2.05, 4.69) is 32.5 Å². The van der Waals surface area contributed by atoms with E-state index >= 15 is 0 Å². The molecule has 0 saturated carbocycles. The van der Waals surface area contributed by atoms with Crippen LogP contribution >= 0.6 is 23.5 Å². The first-order chi connectivity index (χ1) is 13.1. The second-order valence-corrected chi connectivity index (χ2v) is 8.58. The smallest absolute Gasteiger partial charge is 0.251 e. The van der Waals surface area contributed by atoms with E-state index in [9.17, 15) is 4.79 Å². The minimum absolute atomic E-state index is 0.0762. The predicted octanol–water partition coefficient (Wildman–Crippen LogP) is 2.30. The Balaban J connectivity index is 1.46. The number of piperidine rings is 2. The molecule has 1 atom stereocenters. The van der Waals surface area contributed by atoms with E-state index in [0.29, 0.717) is 18.0 Å². The number of hydrogen-bond acceptors (Lipinski definition) is 6. The maximum absolute atomic E-state index is 12.8. The van der Waals surface area contributed by atoms with Gasteiger partial charge in [-0.25, -0.2) is 4.99 Å². The lowest BCUT2D eigenvalue weighted by atomic mass is 9.97. The number of likely N-dealkylation sites (tertiary alicyclic amines) is 2. The molecule has 1 unspecified atom stereocenters. The SMILES string of the molecule is CSN(C)C1CCN(C2CCN(C(=O)C3C=CC(CCl)=NC=N3)CC2)CC1. The molecule has 2 fully saturated rings. The number of alkyl halides is 1.